The summed E-state index contributed by atoms with van der Waals surface area (Å²) in [7, 11) is 0. The highest BCUT2D eigenvalue weighted by atomic mass is 16.6. The van der Waals surface area contributed by atoms with Crippen molar-refractivity contribution < 1.29 is 14.3 Å². The molecule has 19 heavy (non-hydrogen) atoms. The van der Waals surface area contributed by atoms with Crippen LogP contribution >= 0.6 is 0 Å². The van der Waals surface area contributed by atoms with Crippen molar-refractivity contribution >= 4 is 17.6 Å². The molecule has 0 unspecified atom stereocenters. The van der Waals surface area contributed by atoms with Gasteiger partial charge in [0.25, 0.3) is 0 Å². The van der Waals surface area contributed by atoms with Crippen LogP contribution in [0.5, 0.6) is 0 Å². The number of fused-ring (bicyclic) bond motifs is 1. The molecule has 0 N–H and O–H groups in total. The maximum Gasteiger partial charge on any atom is 0.330 e. The maximum atomic E-state index is 12.2. The summed E-state index contributed by atoms with van der Waals surface area (Å²) in [5, 5.41) is 0. The summed E-state index contributed by atoms with van der Waals surface area (Å²) < 4.78 is 5.40. The molecule has 0 aromatic heterocycles. The molecule has 0 saturated carbocycles. The van der Waals surface area contributed by atoms with Gasteiger partial charge < -0.3 is 4.74 Å². The zero-order valence-electron chi connectivity index (χ0n) is 11.8. The molecule has 0 radical (unpaired) electrons. The number of para-hydroxylation sites is 1. The van der Waals surface area contributed by atoms with E-state index >= 15 is 0 Å². The highest BCUT2D eigenvalue weighted by molar-refractivity contribution is 6.01. The van der Waals surface area contributed by atoms with Gasteiger partial charge in [-0.3, -0.25) is 9.69 Å². The van der Waals surface area contributed by atoms with Crippen molar-refractivity contribution in [3.8, 4) is 0 Å². The molecule has 1 heterocycles. The van der Waals surface area contributed by atoms with Crippen molar-refractivity contribution in [2.45, 2.75) is 45.8 Å². The van der Waals surface area contributed by atoms with Gasteiger partial charge in [-0.15, -0.1) is 0 Å². The Hall–Kier alpha value is -1.84. The number of benzene rings is 1. The summed E-state index contributed by atoms with van der Waals surface area (Å²) in [6, 6.07) is 7.03. The first kappa shape index (κ1) is 13.6. The van der Waals surface area contributed by atoms with Gasteiger partial charge in [0.05, 0.1) is 0 Å². The highest BCUT2D eigenvalue weighted by Crippen LogP contribution is 2.33. The molecule has 1 aliphatic heterocycles. The predicted molar refractivity (Wildman–Crippen MR) is 72.9 cm³/mol. The first-order valence-electron chi connectivity index (χ1n) is 6.40. The van der Waals surface area contributed by atoms with E-state index in [0.29, 0.717) is 6.42 Å². The Kier molecular flexibility index (Phi) is 3.35. The standard InChI is InChI=1S/C15H19NO3/c1-10(17)16-12-8-6-5-7-11(12)9-13(16)14(18)19-15(2,3)4/h5-8,13H,9H2,1-4H3/t13-/m0/s1. The Morgan fingerprint density at radius 3 is 2.47 bits per heavy atom. The zero-order chi connectivity index (χ0) is 14.2. The molecular formula is C15H19NO3. The van der Waals surface area contributed by atoms with E-state index in [1.54, 1.807) is 0 Å². The van der Waals surface area contributed by atoms with Crippen LogP contribution in [-0.4, -0.2) is 23.5 Å². The van der Waals surface area contributed by atoms with Gasteiger partial charge in [0.2, 0.25) is 5.91 Å². The second-order valence-corrected chi connectivity index (χ2v) is 5.77. The summed E-state index contributed by atoms with van der Waals surface area (Å²) in [5.74, 6) is -0.486. The van der Waals surface area contributed by atoms with Crippen molar-refractivity contribution in [2.75, 3.05) is 4.90 Å². The van der Waals surface area contributed by atoms with E-state index in [1.165, 1.54) is 11.8 Å². The summed E-state index contributed by atoms with van der Waals surface area (Å²) >= 11 is 0. The molecule has 0 bridgehead atoms. The van der Waals surface area contributed by atoms with Crippen molar-refractivity contribution in [1.82, 2.24) is 0 Å². The summed E-state index contributed by atoms with van der Waals surface area (Å²) in [4.78, 5) is 25.6. The number of ether oxygens (including phenoxy) is 1. The van der Waals surface area contributed by atoms with Gasteiger partial charge in [-0.2, -0.15) is 0 Å². The number of anilines is 1. The molecule has 1 aromatic carbocycles. The highest BCUT2D eigenvalue weighted by Gasteiger charge is 2.39. The molecule has 1 aliphatic rings. The van der Waals surface area contributed by atoms with Crippen LogP contribution in [0, 0.1) is 0 Å². The number of hydrogen-bond acceptors (Lipinski definition) is 3. The van der Waals surface area contributed by atoms with Crippen LogP contribution in [0.1, 0.15) is 33.3 Å². The molecule has 0 fully saturated rings. The Bertz CT molecular complexity index is 516. The quantitative estimate of drug-likeness (QED) is 0.729. The smallest absolute Gasteiger partial charge is 0.330 e. The minimum atomic E-state index is -0.547. The van der Waals surface area contributed by atoms with E-state index in [9.17, 15) is 9.59 Å². The second-order valence-electron chi connectivity index (χ2n) is 5.77. The number of nitrogens with zero attached hydrogens (tertiary/aromatic N) is 1. The van der Waals surface area contributed by atoms with E-state index < -0.39 is 11.6 Å². The van der Waals surface area contributed by atoms with Crippen LogP contribution in [0.2, 0.25) is 0 Å². The lowest BCUT2D eigenvalue weighted by atomic mass is 10.1. The van der Waals surface area contributed by atoms with Crippen LogP contribution in [-0.2, 0) is 20.7 Å². The van der Waals surface area contributed by atoms with Crippen molar-refractivity contribution in [3.05, 3.63) is 29.8 Å². The minimum absolute atomic E-state index is 0.138. The van der Waals surface area contributed by atoms with Gasteiger partial charge in [-0.25, -0.2) is 4.79 Å². The number of amides is 1. The third-order valence-electron chi connectivity index (χ3n) is 2.99. The van der Waals surface area contributed by atoms with Gasteiger partial charge in [0.15, 0.2) is 0 Å². The van der Waals surface area contributed by atoms with Crippen LogP contribution in [0.25, 0.3) is 0 Å². The SMILES string of the molecule is CC(=O)N1c2ccccc2C[C@H]1C(=O)OC(C)(C)C. The largest absolute Gasteiger partial charge is 0.458 e. The summed E-state index contributed by atoms with van der Waals surface area (Å²) in [6.07, 6.45) is 0.519. The zero-order valence-corrected chi connectivity index (χ0v) is 11.8. The first-order valence-corrected chi connectivity index (χ1v) is 6.40. The topological polar surface area (TPSA) is 46.6 Å². The number of rotatable bonds is 1. The van der Waals surface area contributed by atoms with Gasteiger partial charge in [-0.05, 0) is 32.4 Å². The van der Waals surface area contributed by atoms with Gasteiger partial charge in [-0.1, -0.05) is 18.2 Å². The van der Waals surface area contributed by atoms with E-state index in [-0.39, 0.29) is 11.9 Å². The fraction of sp³-hybridized carbons (Fsp3) is 0.467. The average Bonchev–Trinajstić information content (AvgIpc) is 2.65. The number of hydrogen-bond donors (Lipinski definition) is 0. The Morgan fingerprint density at radius 2 is 1.89 bits per heavy atom. The molecule has 0 spiro atoms. The minimum Gasteiger partial charge on any atom is -0.458 e. The molecule has 0 aliphatic carbocycles. The lowest BCUT2D eigenvalue weighted by Gasteiger charge is -2.27. The van der Waals surface area contributed by atoms with Crippen molar-refractivity contribution in [1.29, 1.82) is 0 Å². The molecule has 2 rings (SSSR count). The fourth-order valence-electron chi connectivity index (χ4n) is 2.33. The number of carbonyl (C=O) groups excluding carboxylic acids is 2. The summed E-state index contributed by atoms with van der Waals surface area (Å²) in [5.41, 5.74) is 1.27. The molecule has 1 atom stereocenters. The van der Waals surface area contributed by atoms with E-state index in [1.807, 2.05) is 45.0 Å². The molecular weight excluding hydrogens is 242 g/mol. The van der Waals surface area contributed by atoms with Crippen molar-refractivity contribution in [2.24, 2.45) is 0 Å². The van der Waals surface area contributed by atoms with Crippen LogP contribution < -0.4 is 4.90 Å². The fourth-order valence-corrected chi connectivity index (χ4v) is 2.33. The monoisotopic (exact) mass is 261 g/mol. The van der Waals surface area contributed by atoms with Crippen LogP contribution in [0.15, 0.2) is 24.3 Å². The lowest BCUT2D eigenvalue weighted by molar-refractivity contribution is -0.157. The number of esters is 1. The Labute approximate surface area is 113 Å². The van der Waals surface area contributed by atoms with E-state index in [2.05, 4.69) is 0 Å². The third kappa shape index (κ3) is 2.78. The molecule has 4 heteroatoms. The van der Waals surface area contributed by atoms with Gasteiger partial charge in [0, 0.05) is 19.0 Å². The molecule has 4 nitrogen and oxygen atoms in total. The third-order valence-corrected chi connectivity index (χ3v) is 2.99. The lowest BCUT2D eigenvalue weighted by Crippen LogP contribution is -2.44. The molecule has 0 saturated heterocycles. The maximum absolute atomic E-state index is 12.2. The van der Waals surface area contributed by atoms with Crippen LogP contribution in [0.4, 0.5) is 5.69 Å². The first-order chi connectivity index (χ1) is 8.79. The van der Waals surface area contributed by atoms with E-state index in [4.69, 9.17) is 4.74 Å². The van der Waals surface area contributed by atoms with Crippen molar-refractivity contribution in [3.63, 3.8) is 0 Å². The average molecular weight is 261 g/mol. The Balaban J connectivity index is 2.29. The van der Waals surface area contributed by atoms with E-state index in [0.717, 1.165) is 11.3 Å². The predicted octanol–water partition coefficient (Wildman–Crippen LogP) is 2.31. The molecule has 1 amide bonds. The second kappa shape index (κ2) is 4.68. The normalized spacial score (nSPS) is 18.1. The number of carbonyl (C=O) groups is 2. The van der Waals surface area contributed by atoms with Gasteiger partial charge in [0.1, 0.15) is 11.6 Å². The molecule has 102 valence electrons. The summed E-state index contributed by atoms with van der Waals surface area (Å²) in [6.45, 7) is 6.95. The Morgan fingerprint density at radius 1 is 1.26 bits per heavy atom. The van der Waals surface area contributed by atoms with Crippen LogP contribution in [0.3, 0.4) is 0 Å². The molecule has 1 aromatic rings. The van der Waals surface area contributed by atoms with Gasteiger partial charge >= 0.3 is 5.97 Å².